The van der Waals surface area contributed by atoms with E-state index in [4.69, 9.17) is 9.84 Å². The van der Waals surface area contributed by atoms with Gasteiger partial charge in [0.05, 0.1) is 23.9 Å². The second kappa shape index (κ2) is 5.61. The lowest BCUT2D eigenvalue weighted by Gasteiger charge is -2.11. The van der Waals surface area contributed by atoms with E-state index in [1.54, 1.807) is 13.1 Å². The summed E-state index contributed by atoms with van der Waals surface area (Å²) in [5.41, 5.74) is 2.61. The van der Waals surface area contributed by atoms with Crippen LogP contribution in [0.3, 0.4) is 0 Å². The van der Waals surface area contributed by atoms with Crippen molar-refractivity contribution in [3.05, 3.63) is 65.2 Å². The highest BCUT2D eigenvalue weighted by atomic mass is 16.5. The molecule has 0 aromatic heterocycles. The van der Waals surface area contributed by atoms with Crippen LogP contribution < -0.4 is 4.90 Å². The second-order valence-electron chi connectivity index (χ2n) is 5.18. The van der Waals surface area contributed by atoms with E-state index in [-0.39, 0.29) is 11.5 Å². The topological polar surface area (TPSA) is 66.8 Å². The summed E-state index contributed by atoms with van der Waals surface area (Å²) < 4.78 is 5.49. The lowest BCUT2D eigenvalue weighted by Crippen LogP contribution is -2.21. The number of anilines is 1. The molecular weight excluding hydrogens is 294 g/mol. The van der Waals surface area contributed by atoms with Crippen LogP contribution in [0, 0.1) is 0 Å². The van der Waals surface area contributed by atoms with E-state index in [2.05, 4.69) is 0 Å². The molecule has 1 aliphatic heterocycles. The van der Waals surface area contributed by atoms with E-state index in [1.807, 2.05) is 30.3 Å². The number of aromatic carboxylic acids is 1. The third kappa shape index (κ3) is 2.36. The molecule has 116 valence electrons. The molecule has 0 spiro atoms. The van der Waals surface area contributed by atoms with Crippen LogP contribution in [-0.2, 0) is 9.53 Å². The number of fused-ring (bicyclic) bond motifs is 1. The van der Waals surface area contributed by atoms with Gasteiger partial charge in [-0.05, 0) is 12.1 Å². The van der Waals surface area contributed by atoms with E-state index in [9.17, 15) is 9.59 Å². The molecule has 0 radical (unpaired) electrons. The van der Waals surface area contributed by atoms with Crippen LogP contribution in [0.25, 0.3) is 11.3 Å². The molecule has 1 heterocycles. The molecule has 0 unspecified atom stereocenters. The average molecular weight is 309 g/mol. The van der Waals surface area contributed by atoms with Crippen molar-refractivity contribution >= 4 is 28.9 Å². The number of nitrogens with zero attached hydrogens (tertiary/aromatic N) is 1. The van der Waals surface area contributed by atoms with Crippen molar-refractivity contribution < 1.29 is 19.4 Å². The number of hydrogen-bond donors (Lipinski definition) is 1. The Morgan fingerprint density at radius 3 is 2.39 bits per heavy atom. The molecule has 0 saturated heterocycles. The van der Waals surface area contributed by atoms with Crippen molar-refractivity contribution in [2.24, 2.45) is 0 Å². The van der Waals surface area contributed by atoms with E-state index >= 15 is 0 Å². The first-order valence-electron chi connectivity index (χ1n) is 7.04. The van der Waals surface area contributed by atoms with E-state index in [0.29, 0.717) is 22.6 Å². The highest BCUT2D eigenvalue weighted by Crippen LogP contribution is 2.40. The zero-order valence-corrected chi connectivity index (χ0v) is 12.7. The Kier molecular flexibility index (Phi) is 3.62. The number of amides is 1. The second-order valence-corrected chi connectivity index (χ2v) is 5.18. The quantitative estimate of drug-likeness (QED) is 0.699. The number of benzene rings is 2. The Morgan fingerprint density at radius 2 is 1.78 bits per heavy atom. The van der Waals surface area contributed by atoms with Crippen LogP contribution in [0.4, 0.5) is 5.69 Å². The van der Waals surface area contributed by atoms with Gasteiger partial charge in [0.15, 0.2) is 0 Å². The van der Waals surface area contributed by atoms with Crippen LogP contribution in [0.2, 0.25) is 0 Å². The predicted molar refractivity (Wildman–Crippen MR) is 87.1 cm³/mol. The first kappa shape index (κ1) is 14.8. The van der Waals surface area contributed by atoms with Gasteiger partial charge in [0.1, 0.15) is 5.76 Å². The molecule has 0 saturated carbocycles. The van der Waals surface area contributed by atoms with Gasteiger partial charge in [0.25, 0.3) is 5.91 Å². The van der Waals surface area contributed by atoms with Crippen molar-refractivity contribution in [2.75, 3.05) is 19.1 Å². The van der Waals surface area contributed by atoms with Crippen molar-refractivity contribution in [1.29, 1.82) is 0 Å². The average Bonchev–Trinajstić information content (AvgIpc) is 2.81. The number of carboxylic acids is 1. The Hall–Kier alpha value is -3.08. The largest absolute Gasteiger partial charge is 0.495 e. The van der Waals surface area contributed by atoms with Crippen LogP contribution >= 0.6 is 0 Å². The molecule has 0 aliphatic carbocycles. The molecule has 2 aromatic carbocycles. The smallest absolute Gasteiger partial charge is 0.335 e. The number of ether oxygens (including phenoxy) is 1. The molecule has 2 aromatic rings. The summed E-state index contributed by atoms with van der Waals surface area (Å²) in [7, 11) is 3.14. The van der Waals surface area contributed by atoms with Crippen LogP contribution in [0.5, 0.6) is 0 Å². The van der Waals surface area contributed by atoms with Crippen molar-refractivity contribution in [1.82, 2.24) is 0 Å². The van der Waals surface area contributed by atoms with Gasteiger partial charge in [-0.15, -0.1) is 0 Å². The minimum absolute atomic E-state index is 0.142. The number of carboxylic acid groups (broad SMARTS) is 1. The predicted octanol–water partition coefficient (Wildman–Crippen LogP) is 2.88. The zero-order valence-electron chi connectivity index (χ0n) is 12.7. The highest BCUT2D eigenvalue weighted by Gasteiger charge is 2.34. The summed E-state index contributed by atoms with van der Waals surface area (Å²) in [4.78, 5) is 25.2. The van der Waals surface area contributed by atoms with Gasteiger partial charge in [-0.3, -0.25) is 4.79 Å². The Bertz CT molecular complexity index is 824. The van der Waals surface area contributed by atoms with Gasteiger partial charge in [-0.1, -0.05) is 36.4 Å². The molecule has 0 bridgehead atoms. The molecule has 0 fully saturated rings. The molecule has 1 aliphatic rings. The van der Waals surface area contributed by atoms with Crippen LogP contribution in [-0.4, -0.2) is 31.1 Å². The third-order valence-corrected chi connectivity index (χ3v) is 3.86. The molecular formula is C18H15NO4. The van der Waals surface area contributed by atoms with E-state index < -0.39 is 5.97 Å². The summed E-state index contributed by atoms with van der Waals surface area (Å²) in [5, 5.41) is 9.13. The summed E-state index contributed by atoms with van der Waals surface area (Å²) >= 11 is 0. The summed E-state index contributed by atoms with van der Waals surface area (Å²) in [6.07, 6.45) is 0. The minimum Gasteiger partial charge on any atom is -0.495 e. The van der Waals surface area contributed by atoms with Crippen molar-refractivity contribution in [2.45, 2.75) is 0 Å². The number of rotatable bonds is 3. The lowest BCUT2D eigenvalue weighted by molar-refractivity contribution is -0.112. The molecule has 5 heteroatoms. The van der Waals surface area contributed by atoms with E-state index in [1.165, 1.54) is 24.1 Å². The molecule has 5 nitrogen and oxygen atoms in total. The maximum atomic E-state index is 12.7. The maximum absolute atomic E-state index is 12.7. The monoisotopic (exact) mass is 309 g/mol. The van der Waals surface area contributed by atoms with Crippen molar-refractivity contribution in [3.63, 3.8) is 0 Å². The molecule has 0 atom stereocenters. The summed E-state index contributed by atoms with van der Waals surface area (Å²) in [5.74, 6) is -0.770. The Morgan fingerprint density at radius 1 is 1.09 bits per heavy atom. The van der Waals surface area contributed by atoms with Gasteiger partial charge in [0, 0.05) is 18.2 Å². The SMILES string of the molecule is COC(=C1C(=O)N(C)c2cc(C(=O)O)ccc21)c1ccccc1. The van der Waals surface area contributed by atoms with Gasteiger partial charge >= 0.3 is 5.97 Å². The Balaban J connectivity index is 2.24. The highest BCUT2D eigenvalue weighted by molar-refractivity contribution is 6.37. The normalized spacial score (nSPS) is 15.4. The van der Waals surface area contributed by atoms with Gasteiger partial charge in [-0.2, -0.15) is 0 Å². The fourth-order valence-corrected chi connectivity index (χ4v) is 2.72. The number of methoxy groups -OCH3 is 1. The number of hydrogen-bond acceptors (Lipinski definition) is 3. The fourth-order valence-electron chi connectivity index (χ4n) is 2.72. The maximum Gasteiger partial charge on any atom is 0.335 e. The van der Waals surface area contributed by atoms with Gasteiger partial charge < -0.3 is 14.7 Å². The number of carbonyl (C=O) groups excluding carboxylic acids is 1. The lowest BCUT2D eigenvalue weighted by atomic mass is 10.0. The van der Waals surface area contributed by atoms with Gasteiger partial charge in [-0.25, -0.2) is 4.79 Å². The minimum atomic E-state index is -1.03. The first-order chi connectivity index (χ1) is 11.0. The van der Waals surface area contributed by atoms with Gasteiger partial charge in [0.2, 0.25) is 0 Å². The first-order valence-corrected chi connectivity index (χ1v) is 7.04. The third-order valence-electron chi connectivity index (χ3n) is 3.86. The van der Waals surface area contributed by atoms with E-state index in [0.717, 1.165) is 5.56 Å². The zero-order chi connectivity index (χ0) is 16.6. The Labute approximate surface area is 133 Å². The molecule has 1 N–H and O–H groups in total. The van der Waals surface area contributed by atoms with Crippen LogP contribution in [0.1, 0.15) is 21.5 Å². The van der Waals surface area contributed by atoms with Crippen LogP contribution in [0.15, 0.2) is 48.5 Å². The van der Waals surface area contributed by atoms with Crippen molar-refractivity contribution in [3.8, 4) is 0 Å². The summed E-state index contributed by atoms with van der Waals surface area (Å²) in [6.45, 7) is 0. The summed E-state index contributed by atoms with van der Waals surface area (Å²) in [6, 6.07) is 14.0. The standard InChI is InChI=1S/C18H15NO4/c1-19-14-10-12(18(21)22)8-9-13(14)15(17(19)20)16(23-2)11-6-4-3-5-7-11/h3-10H,1-2H3,(H,21,22). The molecule has 3 rings (SSSR count). The molecule has 23 heavy (non-hydrogen) atoms. The molecule has 1 amide bonds. The number of likely N-dealkylation sites (N-methyl/N-ethyl adjacent to an activating group) is 1. The number of carbonyl (C=O) groups is 2. The fraction of sp³-hybridized carbons (Fsp3) is 0.111.